The molecule has 3 nitrogen and oxygen atoms in total. The maximum atomic E-state index is 13.2. The van der Waals surface area contributed by atoms with Crippen LogP contribution in [0.2, 0.25) is 0 Å². The molecule has 0 aliphatic carbocycles. The molecule has 0 amide bonds. The predicted molar refractivity (Wildman–Crippen MR) is 52.0 cm³/mol. The fraction of sp³-hybridized carbons (Fsp3) is 0.200. The van der Waals surface area contributed by atoms with Crippen molar-refractivity contribution in [3.05, 3.63) is 35.4 Å². The van der Waals surface area contributed by atoms with Crippen LogP contribution in [0.15, 0.2) is 18.2 Å². The van der Waals surface area contributed by atoms with Gasteiger partial charge in [0.1, 0.15) is 17.0 Å². The van der Waals surface area contributed by atoms with Crippen molar-refractivity contribution in [3.63, 3.8) is 0 Å². The molecule has 0 fully saturated rings. The smallest absolute Gasteiger partial charge is 0.376 e. The summed E-state index contributed by atoms with van der Waals surface area (Å²) < 4.78 is 30.5. The molecule has 0 radical (unpaired) electrons. The molecule has 1 rings (SSSR count). The highest BCUT2D eigenvalue weighted by atomic mass is 35.5. The van der Waals surface area contributed by atoms with Crippen LogP contribution in [-0.4, -0.2) is 18.9 Å². The molecule has 1 aromatic carbocycles. The molecule has 1 unspecified atom stereocenters. The minimum Gasteiger partial charge on any atom is -0.463 e. The van der Waals surface area contributed by atoms with Gasteiger partial charge < -0.3 is 4.74 Å². The summed E-state index contributed by atoms with van der Waals surface area (Å²) in [6, 6.07) is 3.01. The number of halogens is 3. The zero-order valence-electron chi connectivity index (χ0n) is 8.17. The summed E-state index contributed by atoms with van der Waals surface area (Å²) in [4.78, 5) is 22.1. The van der Waals surface area contributed by atoms with Gasteiger partial charge in [-0.25, -0.2) is 13.6 Å². The van der Waals surface area contributed by atoms with E-state index in [1.165, 1.54) is 0 Å². The van der Waals surface area contributed by atoms with E-state index in [0.29, 0.717) is 0 Å². The van der Waals surface area contributed by atoms with Crippen molar-refractivity contribution < 1.29 is 23.1 Å². The van der Waals surface area contributed by atoms with Crippen LogP contribution in [0.25, 0.3) is 0 Å². The van der Waals surface area contributed by atoms with Crippen LogP contribution < -0.4 is 0 Å². The van der Waals surface area contributed by atoms with Crippen molar-refractivity contribution in [2.45, 2.75) is 5.38 Å². The van der Waals surface area contributed by atoms with Crippen molar-refractivity contribution in [3.8, 4) is 0 Å². The Morgan fingerprint density at radius 1 is 1.31 bits per heavy atom. The molecule has 1 atom stereocenters. The molecule has 0 heterocycles. The third kappa shape index (κ3) is 2.36. The minimum atomic E-state index is -1.73. The number of hydrogen-bond donors (Lipinski definition) is 0. The number of carbonyl (C=O) groups is 2. The van der Waals surface area contributed by atoms with Crippen LogP contribution in [0, 0.1) is 11.6 Å². The zero-order chi connectivity index (χ0) is 12.3. The monoisotopic (exact) mass is 248 g/mol. The van der Waals surface area contributed by atoms with Gasteiger partial charge in [0, 0.05) is 5.56 Å². The van der Waals surface area contributed by atoms with E-state index in [1.807, 2.05) is 0 Å². The van der Waals surface area contributed by atoms with E-state index in [2.05, 4.69) is 4.74 Å². The summed E-state index contributed by atoms with van der Waals surface area (Å²) in [5, 5.41) is -1.73. The predicted octanol–water partition coefficient (Wildman–Crippen LogP) is 1.99. The molecule has 0 aliphatic rings. The Morgan fingerprint density at radius 2 is 1.81 bits per heavy atom. The van der Waals surface area contributed by atoms with Crippen LogP contribution in [0.3, 0.4) is 0 Å². The fourth-order valence-electron chi connectivity index (χ4n) is 1.09. The normalized spacial score (nSPS) is 12.0. The first kappa shape index (κ1) is 12.6. The number of carbonyl (C=O) groups excluding carboxylic acids is 2. The Labute approximate surface area is 95.0 Å². The van der Waals surface area contributed by atoms with Gasteiger partial charge in [-0.2, -0.15) is 0 Å². The molecule has 0 bridgehead atoms. The molecule has 0 aliphatic heterocycles. The summed E-state index contributed by atoms with van der Waals surface area (Å²) >= 11 is 5.51. The Hall–Kier alpha value is -1.49. The Balaban J connectivity index is 3.10. The first-order chi connectivity index (χ1) is 7.49. The third-order valence-electron chi connectivity index (χ3n) is 1.87. The molecular formula is C10H7ClF2O3. The number of Topliss-reactive ketones (excluding diaryl/α,β-unsaturated/α-hetero) is 1. The van der Waals surface area contributed by atoms with E-state index in [-0.39, 0.29) is 0 Å². The van der Waals surface area contributed by atoms with Gasteiger partial charge >= 0.3 is 5.97 Å². The molecule has 0 saturated carbocycles. The molecule has 1 aromatic rings. The highest BCUT2D eigenvalue weighted by Crippen LogP contribution is 2.27. The number of benzene rings is 1. The van der Waals surface area contributed by atoms with Crippen LogP contribution in [0.4, 0.5) is 8.78 Å². The standard InChI is InChI=1S/C10H7ClF2O3/c1-16-10(15)9(14)8(11)7-5(12)3-2-4-6(7)13/h2-4,8H,1H3. The van der Waals surface area contributed by atoms with Gasteiger partial charge in [0.25, 0.3) is 5.78 Å². The van der Waals surface area contributed by atoms with E-state index < -0.39 is 34.3 Å². The molecule has 0 spiro atoms. The third-order valence-corrected chi connectivity index (χ3v) is 2.29. The molecule has 0 N–H and O–H groups in total. The number of hydrogen-bond acceptors (Lipinski definition) is 3. The van der Waals surface area contributed by atoms with Crippen LogP contribution >= 0.6 is 11.6 Å². The first-order valence-electron chi connectivity index (χ1n) is 4.19. The fourth-order valence-corrected chi connectivity index (χ4v) is 1.39. The van der Waals surface area contributed by atoms with E-state index in [4.69, 9.17) is 11.6 Å². The van der Waals surface area contributed by atoms with Crippen molar-refractivity contribution in [2.75, 3.05) is 7.11 Å². The van der Waals surface area contributed by atoms with Crippen molar-refractivity contribution in [2.24, 2.45) is 0 Å². The van der Waals surface area contributed by atoms with Crippen LogP contribution in [0.1, 0.15) is 10.9 Å². The van der Waals surface area contributed by atoms with E-state index in [9.17, 15) is 18.4 Å². The lowest BCUT2D eigenvalue weighted by atomic mass is 10.1. The summed E-state index contributed by atoms with van der Waals surface area (Å²) in [7, 11) is 0.974. The average molecular weight is 249 g/mol. The molecule has 86 valence electrons. The van der Waals surface area contributed by atoms with Crippen molar-refractivity contribution in [1.29, 1.82) is 0 Å². The van der Waals surface area contributed by atoms with E-state index >= 15 is 0 Å². The number of methoxy groups -OCH3 is 1. The largest absolute Gasteiger partial charge is 0.463 e. The lowest BCUT2D eigenvalue weighted by Gasteiger charge is -2.09. The van der Waals surface area contributed by atoms with Gasteiger partial charge in [0.05, 0.1) is 7.11 Å². The highest BCUT2D eigenvalue weighted by molar-refractivity contribution is 6.47. The van der Waals surface area contributed by atoms with E-state index in [1.54, 1.807) is 0 Å². The van der Waals surface area contributed by atoms with Gasteiger partial charge in [0.15, 0.2) is 0 Å². The molecule has 0 saturated heterocycles. The second kappa shape index (κ2) is 5.03. The first-order valence-corrected chi connectivity index (χ1v) is 4.62. The van der Waals surface area contributed by atoms with Crippen LogP contribution in [0.5, 0.6) is 0 Å². The molecular weight excluding hydrogens is 242 g/mol. The van der Waals surface area contributed by atoms with E-state index in [0.717, 1.165) is 25.3 Å². The Morgan fingerprint density at radius 3 is 2.25 bits per heavy atom. The second-order valence-corrected chi connectivity index (χ2v) is 3.29. The van der Waals surface area contributed by atoms with Crippen LogP contribution in [-0.2, 0) is 14.3 Å². The lowest BCUT2D eigenvalue weighted by molar-refractivity contribution is -0.151. The molecule has 0 aromatic heterocycles. The quantitative estimate of drug-likeness (QED) is 0.467. The lowest BCUT2D eigenvalue weighted by Crippen LogP contribution is -2.21. The van der Waals surface area contributed by atoms with Crippen molar-refractivity contribution in [1.82, 2.24) is 0 Å². The Bertz CT molecular complexity index is 414. The van der Waals surface area contributed by atoms with Gasteiger partial charge in [-0.05, 0) is 12.1 Å². The maximum absolute atomic E-state index is 13.2. The minimum absolute atomic E-state index is 0.653. The summed E-state index contributed by atoms with van der Waals surface area (Å²) in [5.41, 5.74) is -0.653. The summed E-state index contributed by atoms with van der Waals surface area (Å²) in [6.45, 7) is 0. The Kier molecular flexibility index (Phi) is 3.95. The summed E-state index contributed by atoms with van der Waals surface area (Å²) in [6.07, 6.45) is 0. The number of esters is 1. The molecule has 16 heavy (non-hydrogen) atoms. The number of alkyl halides is 1. The number of ketones is 1. The molecule has 6 heteroatoms. The zero-order valence-corrected chi connectivity index (χ0v) is 8.92. The van der Waals surface area contributed by atoms with Gasteiger partial charge in [-0.1, -0.05) is 6.07 Å². The van der Waals surface area contributed by atoms with Gasteiger partial charge in [-0.15, -0.1) is 11.6 Å². The number of rotatable bonds is 3. The topological polar surface area (TPSA) is 43.4 Å². The average Bonchev–Trinajstić information content (AvgIpc) is 2.26. The maximum Gasteiger partial charge on any atom is 0.376 e. The van der Waals surface area contributed by atoms with Gasteiger partial charge in [0.2, 0.25) is 0 Å². The SMILES string of the molecule is COC(=O)C(=O)C(Cl)c1c(F)cccc1F. The summed E-state index contributed by atoms with van der Waals surface area (Å²) in [5.74, 6) is -4.44. The van der Waals surface area contributed by atoms with Gasteiger partial charge in [-0.3, -0.25) is 4.79 Å². The highest BCUT2D eigenvalue weighted by Gasteiger charge is 2.30. The number of ether oxygens (including phenoxy) is 1. The van der Waals surface area contributed by atoms with Crippen molar-refractivity contribution >= 4 is 23.4 Å². The second-order valence-electron chi connectivity index (χ2n) is 2.85.